The van der Waals surface area contributed by atoms with Gasteiger partial charge in [0, 0.05) is 12.0 Å². The molecule has 0 aromatic rings. The average Bonchev–Trinajstić information content (AvgIpc) is 2.16. The number of thioether (sulfide) groups is 1. The summed E-state index contributed by atoms with van der Waals surface area (Å²) >= 11 is 1.59. The van der Waals surface area contributed by atoms with Crippen LogP contribution in [0.3, 0.4) is 0 Å². The highest BCUT2D eigenvalue weighted by molar-refractivity contribution is 7.99. The smallest absolute Gasteiger partial charge is 0.245 e. The summed E-state index contributed by atoms with van der Waals surface area (Å²) in [4.78, 5) is 25.8. The number of amides is 1. The third-order valence-electron chi connectivity index (χ3n) is 1.35. The number of aliphatic imine (C=N–C) groups is 1. The van der Waals surface area contributed by atoms with E-state index >= 15 is 0 Å². The van der Waals surface area contributed by atoms with Gasteiger partial charge in [0.1, 0.15) is 0 Å². The predicted octanol–water partition coefficient (Wildman–Crippen LogP) is 0.637. The van der Waals surface area contributed by atoms with E-state index in [4.69, 9.17) is 0 Å². The van der Waals surface area contributed by atoms with Crippen molar-refractivity contribution in [3.63, 3.8) is 0 Å². The van der Waals surface area contributed by atoms with E-state index in [0.717, 1.165) is 6.08 Å². The second-order valence-electron chi connectivity index (χ2n) is 2.51. The zero-order chi connectivity index (χ0) is 11.0. The van der Waals surface area contributed by atoms with Gasteiger partial charge in [-0.15, -0.1) is 0 Å². The van der Waals surface area contributed by atoms with Crippen molar-refractivity contribution in [1.82, 2.24) is 5.32 Å². The first kappa shape index (κ1) is 12.9. The van der Waals surface area contributed by atoms with E-state index in [-0.39, 0.29) is 5.78 Å². The zero-order valence-electron chi connectivity index (χ0n) is 8.32. The van der Waals surface area contributed by atoms with Gasteiger partial charge in [-0.25, -0.2) is 0 Å². The summed E-state index contributed by atoms with van der Waals surface area (Å²) in [5, 5.41) is 2.41. The third kappa shape index (κ3) is 5.53. The van der Waals surface area contributed by atoms with Crippen molar-refractivity contribution < 1.29 is 9.59 Å². The first-order valence-corrected chi connectivity index (χ1v) is 5.45. The molecule has 14 heavy (non-hydrogen) atoms. The van der Waals surface area contributed by atoms with Crippen molar-refractivity contribution in [2.75, 3.05) is 12.0 Å². The maximum atomic E-state index is 11.0. The molecular weight excluding hydrogens is 200 g/mol. The number of rotatable bonds is 6. The fraction of sp³-hybridized carbons (Fsp3) is 0.444. The van der Waals surface area contributed by atoms with Gasteiger partial charge in [-0.2, -0.15) is 11.8 Å². The molecule has 0 rings (SSSR count). The zero-order valence-corrected chi connectivity index (χ0v) is 9.13. The van der Waals surface area contributed by atoms with Crippen molar-refractivity contribution in [1.29, 1.82) is 0 Å². The Hall–Kier alpha value is -1.10. The quantitative estimate of drug-likeness (QED) is 0.521. The van der Waals surface area contributed by atoms with Gasteiger partial charge in [-0.05, 0) is 19.3 Å². The fourth-order valence-electron chi connectivity index (χ4n) is 0.661. The number of Topliss-reactive ketones (excluding diaryl/α,β-unsaturated/α-hetero) is 1. The molecule has 0 aromatic carbocycles. The lowest BCUT2D eigenvalue weighted by Crippen LogP contribution is -2.37. The molecule has 78 valence electrons. The number of carbonyl (C=O) groups is 2. The lowest BCUT2D eigenvalue weighted by atomic mass is 10.3. The van der Waals surface area contributed by atoms with Crippen molar-refractivity contribution in [2.24, 2.45) is 4.99 Å². The highest BCUT2D eigenvalue weighted by Gasteiger charge is 2.12. The summed E-state index contributed by atoms with van der Waals surface area (Å²) in [6.45, 7) is 4.67. The normalized spacial score (nSPS) is 12.4. The van der Waals surface area contributed by atoms with Gasteiger partial charge in [-0.1, -0.05) is 6.58 Å². The Bertz CT molecular complexity index is 251. The minimum Gasteiger partial charge on any atom is -0.325 e. The lowest BCUT2D eigenvalue weighted by molar-refractivity contribution is -0.124. The fourth-order valence-corrected chi connectivity index (χ4v) is 0.896. The molecule has 0 aliphatic heterocycles. The van der Waals surface area contributed by atoms with E-state index in [9.17, 15) is 9.59 Å². The summed E-state index contributed by atoms with van der Waals surface area (Å²) < 4.78 is 0. The molecule has 1 unspecified atom stereocenters. The summed E-state index contributed by atoms with van der Waals surface area (Å²) in [6, 6.07) is 0. The molecule has 1 N–H and O–H groups in total. The second kappa shape index (κ2) is 7.32. The van der Waals surface area contributed by atoms with E-state index < -0.39 is 12.1 Å². The predicted molar refractivity (Wildman–Crippen MR) is 59.7 cm³/mol. The van der Waals surface area contributed by atoms with E-state index in [1.54, 1.807) is 18.0 Å². The number of ketones is 1. The third-order valence-corrected chi connectivity index (χ3v) is 1.83. The molecule has 5 heteroatoms. The van der Waals surface area contributed by atoms with Gasteiger partial charge in [0.05, 0.1) is 0 Å². The Kier molecular flexibility index (Phi) is 6.74. The SMILES string of the molecule is C=CC(=O)NC(N=CCSC)C(C)=O. The van der Waals surface area contributed by atoms with E-state index in [2.05, 4.69) is 16.9 Å². The maximum Gasteiger partial charge on any atom is 0.245 e. The average molecular weight is 214 g/mol. The monoisotopic (exact) mass is 214 g/mol. The largest absolute Gasteiger partial charge is 0.325 e. The lowest BCUT2D eigenvalue weighted by Gasteiger charge is -2.08. The molecular formula is C9H14N2O2S. The molecule has 0 aliphatic rings. The van der Waals surface area contributed by atoms with Crippen LogP contribution in [0, 0.1) is 0 Å². The number of hydrogen-bond acceptors (Lipinski definition) is 4. The second-order valence-corrected chi connectivity index (χ2v) is 3.42. The molecule has 0 spiro atoms. The molecule has 1 atom stereocenters. The van der Waals surface area contributed by atoms with Gasteiger partial charge in [0.2, 0.25) is 5.91 Å². The maximum absolute atomic E-state index is 11.0. The van der Waals surface area contributed by atoms with Crippen LogP contribution in [0.5, 0.6) is 0 Å². The molecule has 0 heterocycles. The van der Waals surface area contributed by atoms with Gasteiger partial charge in [0.15, 0.2) is 11.9 Å². The number of carbonyl (C=O) groups excluding carboxylic acids is 2. The van der Waals surface area contributed by atoms with Crippen molar-refractivity contribution in [3.8, 4) is 0 Å². The van der Waals surface area contributed by atoms with E-state index in [1.807, 2.05) is 6.26 Å². The molecule has 0 fully saturated rings. The number of hydrogen-bond donors (Lipinski definition) is 1. The van der Waals surface area contributed by atoms with Gasteiger partial charge >= 0.3 is 0 Å². The van der Waals surface area contributed by atoms with E-state index in [0.29, 0.717) is 5.75 Å². The van der Waals surface area contributed by atoms with Crippen LogP contribution in [0.2, 0.25) is 0 Å². The van der Waals surface area contributed by atoms with E-state index in [1.165, 1.54) is 6.92 Å². The molecule has 0 saturated carbocycles. The first-order chi connectivity index (χ1) is 6.61. The highest BCUT2D eigenvalue weighted by Crippen LogP contribution is 1.91. The van der Waals surface area contributed by atoms with Crippen LogP contribution in [0.4, 0.5) is 0 Å². The highest BCUT2D eigenvalue weighted by atomic mass is 32.2. The molecule has 0 radical (unpaired) electrons. The van der Waals surface area contributed by atoms with Crippen LogP contribution in [-0.4, -0.2) is 36.1 Å². The standard InChI is InChI=1S/C9H14N2O2S/c1-4-8(13)11-9(7(2)12)10-5-6-14-3/h4-5,9H,1,6H2,2-3H3,(H,11,13). The molecule has 0 aliphatic carbocycles. The van der Waals surface area contributed by atoms with Crippen molar-refractivity contribution >= 4 is 29.7 Å². The van der Waals surface area contributed by atoms with Gasteiger partial charge in [-0.3, -0.25) is 14.6 Å². The van der Waals surface area contributed by atoms with Crippen molar-refractivity contribution in [2.45, 2.75) is 13.1 Å². The Balaban J connectivity index is 4.22. The summed E-state index contributed by atoms with van der Waals surface area (Å²) in [7, 11) is 0. The van der Waals surface area contributed by atoms with Crippen LogP contribution in [0.25, 0.3) is 0 Å². The molecule has 0 bridgehead atoms. The Morgan fingerprint density at radius 3 is 2.71 bits per heavy atom. The Morgan fingerprint density at radius 2 is 2.29 bits per heavy atom. The van der Waals surface area contributed by atoms with Crippen molar-refractivity contribution in [3.05, 3.63) is 12.7 Å². The number of nitrogens with zero attached hydrogens (tertiary/aromatic N) is 1. The van der Waals surface area contributed by atoms with Crippen LogP contribution >= 0.6 is 11.8 Å². The van der Waals surface area contributed by atoms with Crippen LogP contribution in [0.1, 0.15) is 6.92 Å². The minimum atomic E-state index is -0.785. The first-order valence-electron chi connectivity index (χ1n) is 4.05. The van der Waals surface area contributed by atoms with Crippen LogP contribution in [0.15, 0.2) is 17.6 Å². The van der Waals surface area contributed by atoms with Gasteiger partial charge < -0.3 is 5.32 Å². The van der Waals surface area contributed by atoms with Crippen LogP contribution in [-0.2, 0) is 9.59 Å². The molecule has 4 nitrogen and oxygen atoms in total. The summed E-state index contributed by atoms with van der Waals surface area (Å²) in [6.07, 6.45) is 3.87. The van der Waals surface area contributed by atoms with Gasteiger partial charge in [0.25, 0.3) is 0 Å². The minimum absolute atomic E-state index is 0.197. The molecule has 0 aromatic heterocycles. The Morgan fingerprint density at radius 1 is 1.64 bits per heavy atom. The number of nitrogens with one attached hydrogen (secondary N) is 1. The molecule has 1 amide bonds. The Labute approximate surface area is 87.9 Å². The van der Waals surface area contributed by atoms with Crippen LogP contribution < -0.4 is 5.32 Å². The summed E-state index contributed by atoms with van der Waals surface area (Å²) in [5.74, 6) is 0.123. The topological polar surface area (TPSA) is 58.5 Å². The molecule has 0 saturated heterocycles. The summed E-state index contributed by atoms with van der Waals surface area (Å²) in [5.41, 5.74) is 0.